The van der Waals surface area contributed by atoms with Gasteiger partial charge in [0, 0.05) is 25.3 Å². The molecule has 1 fully saturated rings. The van der Waals surface area contributed by atoms with Gasteiger partial charge in [0.05, 0.1) is 17.6 Å². The van der Waals surface area contributed by atoms with Crippen LogP contribution in [0.1, 0.15) is 24.8 Å². The molecule has 1 aromatic heterocycles. The van der Waals surface area contributed by atoms with Gasteiger partial charge in [-0.3, -0.25) is 0 Å². The number of anilines is 1. The van der Waals surface area contributed by atoms with Crippen LogP contribution in [0.4, 0.5) is 5.82 Å². The summed E-state index contributed by atoms with van der Waals surface area (Å²) in [6.07, 6.45) is 3.84. The van der Waals surface area contributed by atoms with E-state index in [0.717, 1.165) is 12.8 Å². The number of pyridine rings is 1. The van der Waals surface area contributed by atoms with Crippen LogP contribution in [0.2, 0.25) is 0 Å². The number of rotatable bonds is 5. The number of sulfonamides is 1. The molecule has 7 nitrogen and oxygen atoms in total. The molecule has 142 valence electrons. The molecule has 2 heterocycles. The lowest BCUT2D eigenvalue weighted by molar-refractivity contribution is 0.413. The van der Waals surface area contributed by atoms with Gasteiger partial charge >= 0.3 is 0 Å². The molecule has 3 rings (SSSR count). The van der Waals surface area contributed by atoms with Crippen LogP contribution in [0.5, 0.6) is 5.75 Å². The molecule has 8 heteroatoms. The molecule has 1 saturated heterocycles. The zero-order valence-electron chi connectivity index (χ0n) is 15.1. The molecule has 1 N–H and O–H groups in total. The van der Waals surface area contributed by atoms with Gasteiger partial charge < -0.3 is 10.1 Å². The van der Waals surface area contributed by atoms with Crippen molar-refractivity contribution in [2.75, 3.05) is 25.5 Å². The Morgan fingerprint density at radius 3 is 2.59 bits per heavy atom. The zero-order valence-corrected chi connectivity index (χ0v) is 15.9. The van der Waals surface area contributed by atoms with Crippen LogP contribution >= 0.6 is 0 Å². The van der Waals surface area contributed by atoms with E-state index < -0.39 is 10.0 Å². The predicted octanol–water partition coefficient (Wildman–Crippen LogP) is 2.62. The molecule has 0 saturated carbocycles. The van der Waals surface area contributed by atoms with Crippen molar-refractivity contribution in [2.45, 2.75) is 30.2 Å². The molecule has 0 radical (unpaired) electrons. The van der Waals surface area contributed by atoms with Gasteiger partial charge in [-0.2, -0.15) is 9.57 Å². The van der Waals surface area contributed by atoms with Crippen LogP contribution in [0.15, 0.2) is 47.5 Å². The van der Waals surface area contributed by atoms with E-state index in [1.54, 1.807) is 47.8 Å². The summed E-state index contributed by atoms with van der Waals surface area (Å²) in [6.45, 7) is 0.940. The number of methoxy groups -OCH3 is 1. The molecule has 1 aliphatic rings. The lowest BCUT2D eigenvalue weighted by Gasteiger charge is -2.21. The van der Waals surface area contributed by atoms with E-state index in [0.29, 0.717) is 36.6 Å². The maximum Gasteiger partial charge on any atom is 0.243 e. The van der Waals surface area contributed by atoms with Crippen molar-refractivity contribution >= 4 is 15.8 Å². The molecule has 0 bridgehead atoms. The second-order valence-electron chi connectivity index (χ2n) is 6.40. The molecule has 0 amide bonds. The third kappa shape index (κ3) is 4.56. The Kier molecular flexibility index (Phi) is 5.94. The number of hydrogen-bond acceptors (Lipinski definition) is 6. The van der Waals surface area contributed by atoms with Gasteiger partial charge in [-0.1, -0.05) is 0 Å². The highest BCUT2D eigenvalue weighted by molar-refractivity contribution is 7.89. The molecule has 2 aromatic rings. The number of nitriles is 1. The molecular formula is C19H22N4O3S. The topological polar surface area (TPSA) is 95.3 Å². The second kappa shape index (κ2) is 8.37. The van der Waals surface area contributed by atoms with Crippen molar-refractivity contribution in [3.63, 3.8) is 0 Å². The fourth-order valence-corrected chi connectivity index (χ4v) is 4.60. The number of benzene rings is 1. The summed E-state index contributed by atoms with van der Waals surface area (Å²) in [4.78, 5) is 4.51. The molecular weight excluding hydrogens is 364 g/mol. The van der Waals surface area contributed by atoms with Crippen LogP contribution in [-0.4, -0.2) is 43.9 Å². The number of nitrogens with one attached hydrogen (secondary N) is 1. The first-order valence-electron chi connectivity index (χ1n) is 8.80. The van der Waals surface area contributed by atoms with E-state index in [-0.39, 0.29) is 10.9 Å². The zero-order chi connectivity index (χ0) is 19.3. The number of nitrogens with zero attached hydrogens (tertiary/aromatic N) is 3. The fourth-order valence-electron chi connectivity index (χ4n) is 3.11. The van der Waals surface area contributed by atoms with Crippen molar-refractivity contribution in [2.24, 2.45) is 0 Å². The Morgan fingerprint density at radius 2 is 1.96 bits per heavy atom. The normalized spacial score (nSPS) is 18.3. The maximum absolute atomic E-state index is 12.9. The number of aromatic nitrogens is 1. The van der Waals surface area contributed by atoms with Gasteiger partial charge in [0.1, 0.15) is 17.6 Å². The number of ether oxygens (including phenoxy) is 1. The highest BCUT2D eigenvalue weighted by atomic mass is 32.2. The van der Waals surface area contributed by atoms with Gasteiger partial charge in [0.25, 0.3) is 0 Å². The smallest absolute Gasteiger partial charge is 0.243 e. The second-order valence-corrected chi connectivity index (χ2v) is 8.33. The van der Waals surface area contributed by atoms with Crippen LogP contribution < -0.4 is 10.1 Å². The quantitative estimate of drug-likeness (QED) is 0.849. The molecule has 1 atom stereocenters. The van der Waals surface area contributed by atoms with Crippen LogP contribution in [-0.2, 0) is 10.0 Å². The molecule has 27 heavy (non-hydrogen) atoms. The van der Waals surface area contributed by atoms with Gasteiger partial charge in [-0.15, -0.1) is 0 Å². The third-order valence-corrected chi connectivity index (χ3v) is 6.54. The van der Waals surface area contributed by atoms with Crippen molar-refractivity contribution < 1.29 is 13.2 Å². The highest BCUT2D eigenvalue weighted by Crippen LogP contribution is 2.23. The first kappa shape index (κ1) is 19.1. The van der Waals surface area contributed by atoms with Crippen LogP contribution in [0.3, 0.4) is 0 Å². The molecule has 0 aliphatic carbocycles. The van der Waals surface area contributed by atoms with Crippen molar-refractivity contribution in [1.29, 1.82) is 5.26 Å². The lowest BCUT2D eigenvalue weighted by atomic mass is 10.1. The minimum atomic E-state index is -3.52. The summed E-state index contributed by atoms with van der Waals surface area (Å²) >= 11 is 0. The minimum absolute atomic E-state index is 0.140. The summed E-state index contributed by atoms with van der Waals surface area (Å²) < 4.78 is 32.4. The highest BCUT2D eigenvalue weighted by Gasteiger charge is 2.27. The Hall–Kier alpha value is -2.63. The Balaban J connectivity index is 1.65. The molecule has 0 spiro atoms. The first-order valence-corrected chi connectivity index (χ1v) is 10.2. The monoisotopic (exact) mass is 386 g/mol. The van der Waals surface area contributed by atoms with E-state index in [9.17, 15) is 8.42 Å². The van der Waals surface area contributed by atoms with Crippen molar-refractivity contribution in [1.82, 2.24) is 9.29 Å². The standard InChI is InChI=1S/C19H22N4O3S/c1-26-17-5-7-18(8-6-17)27(24,25)23-11-2-3-16(10-12-23)22-19-9-4-15(13-20)14-21-19/h4-9,14,16H,2-3,10-12H2,1H3,(H,21,22). The van der Waals surface area contributed by atoms with E-state index in [1.165, 1.54) is 6.20 Å². The van der Waals surface area contributed by atoms with Crippen molar-refractivity contribution in [3.8, 4) is 11.8 Å². The van der Waals surface area contributed by atoms with Crippen LogP contribution in [0.25, 0.3) is 0 Å². The van der Waals surface area contributed by atoms with Gasteiger partial charge in [0.2, 0.25) is 10.0 Å². The van der Waals surface area contributed by atoms with E-state index in [2.05, 4.69) is 10.3 Å². The molecule has 1 aromatic carbocycles. The Labute approximate surface area is 159 Å². The average molecular weight is 386 g/mol. The number of hydrogen-bond donors (Lipinski definition) is 1. The maximum atomic E-state index is 12.9. The summed E-state index contributed by atoms with van der Waals surface area (Å²) in [5.74, 6) is 1.33. The van der Waals surface area contributed by atoms with Crippen molar-refractivity contribution in [3.05, 3.63) is 48.2 Å². The predicted molar refractivity (Wildman–Crippen MR) is 102 cm³/mol. The summed E-state index contributed by atoms with van der Waals surface area (Å²) in [5.41, 5.74) is 0.512. The molecule has 1 unspecified atom stereocenters. The minimum Gasteiger partial charge on any atom is -0.497 e. The van der Waals surface area contributed by atoms with E-state index in [4.69, 9.17) is 10.00 Å². The average Bonchev–Trinajstić information content (AvgIpc) is 2.95. The largest absolute Gasteiger partial charge is 0.497 e. The van der Waals surface area contributed by atoms with E-state index >= 15 is 0 Å². The van der Waals surface area contributed by atoms with E-state index in [1.807, 2.05) is 6.07 Å². The van der Waals surface area contributed by atoms with Gasteiger partial charge in [0.15, 0.2) is 0 Å². The Bertz CT molecular complexity index is 905. The van der Waals surface area contributed by atoms with Crippen LogP contribution in [0, 0.1) is 11.3 Å². The van der Waals surface area contributed by atoms with Gasteiger partial charge in [-0.25, -0.2) is 13.4 Å². The van der Waals surface area contributed by atoms with Gasteiger partial charge in [-0.05, 0) is 55.7 Å². The Morgan fingerprint density at radius 1 is 1.19 bits per heavy atom. The SMILES string of the molecule is COc1ccc(S(=O)(=O)N2CCCC(Nc3ccc(C#N)cn3)CC2)cc1. The summed E-state index contributed by atoms with van der Waals surface area (Å²) in [5, 5.41) is 12.2. The fraction of sp³-hybridized carbons (Fsp3) is 0.368. The third-order valence-electron chi connectivity index (χ3n) is 4.63. The summed E-state index contributed by atoms with van der Waals surface area (Å²) in [7, 11) is -1.97. The molecule has 1 aliphatic heterocycles. The first-order chi connectivity index (χ1) is 13.0. The summed E-state index contributed by atoms with van der Waals surface area (Å²) in [6, 6.07) is 12.1. The lowest BCUT2D eigenvalue weighted by Crippen LogP contribution is -2.32.